The first-order valence-corrected chi connectivity index (χ1v) is 13.4. The fourth-order valence-electron chi connectivity index (χ4n) is 4.49. The van der Waals surface area contributed by atoms with Crippen LogP contribution < -0.4 is 5.32 Å². The smallest absolute Gasteiger partial charge is 0.251 e. The molecule has 31 heavy (non-hydrogen) atoms. The first-order valence-electron chi connectivity index (χ1n) is 11.6. The summed E-state index contributed by atoms with van der Waals surface area (Å²) >= 11 is 0. The van der Waals surface area contributed by atoms with Crippen molar-refractivity contribution in [3.05, 3.63) is 35.4 Å². The Kier molecular flexibility index (Phi) is 8.14. The SMILES string of the molecule is CC(C)S(=O)(=O)CC1CCN(C(=O)Cc2cccc(C(=O)NC3CCCCC3)c2)CC1. The van der Waals surface area contributed by atoms with E-state index in [2.05, 4.69) is 5.32 Å². The molecule has 7 heteroatoms. The van der Waals surface area contributed by atoms with Gasteiger partial charge >= 0.3 is 0 Å². The van der Waals surface area contributed by atoms with E-state index >= 15 is 0 Å². The molecule has 3 rings (SSSR count). The lowest BCUT2D eigenvalue weighted by molar-refractivity contribution is -0.131. The summed E-state index contributed by atoms with van der Waals surface area (Å²) in [5, 5.41) is 2.77. The average molecular weight is 449 g/mol. The highest BCUT2D eigenvalue weighted by Crippen LogP contribution is 2.22. The van der Waals surface area contributed by atoms with Gasteiger partial charge in [0.25, 0.3) is 5.91 Å². The average Bonchev–Trinajstić information content (AvgIpc) is 2.74. The van der Waals surface area contributed by atoms with Crippen LogP contribution in [-0.2, 0) is 21.1 Å². The Hall–Kier alpha value is -1.89. The van der Waals surface area contributed by atoms with E-state index in [0.29, 0.717) is 18.7 Å². The minimum absolute atomic E-state index is 0.0370. The Bertz CT molecular complexity index is 867. The Balaban J connectivity index is 1.50. The fraction of sp³-hybridized carbons (Fsp3) is 0.667. The van der Waals surface area contributed by atoms with Gasteiger partial charge in [0.1, 0.15) is 0 Å². The van der Waals surface area contributed by atoms with Crippen LogP contribution in [0.25, 0.3) is 0 Å². The topological polar surface area (TPSA) is 83.6 Å². The van der Waals surface area contributed by atoms with E-state index < -0.39 is 9.84 Å². The summed E-state index contributed by atoms with van der Waals surface area (Å²) in [6.07, 6.45) is 7.37. The summed E-state index contributed by atoms with van der Waals surface area (Å²) < 4.78 is 24.3. The van der Waals surface area contributed by atoms with Gasteiger partial charge in [0.15, 0.2) is 9.84 Å². The van der Waals surface area contributed by atoms with Crippen LogP contribution in [0.4, 0.5) is 0 Å². The van der Waals surface area contributed by atoms with Crippen molar-refractivity contribution in [3.8, 4) is 0 Å². The van der Waals surface area contributed by atoms with Crippen LogP contribution in [0, 0.1) is 5.92 Å². The van der Waals surface area contributed by atoms with Crippen LogP contribution in [0.15, 0.2) is 24.3 Å². The second-order valence-corrected chi connectivity index (χ2v) is 12.0. The molecule has 6 nitrogen and oxygen atoms in total. The van der Waals surface area contributed by atoms with Gasteiger partial charge in [0, 0.05) is 24.7 Å². The molecule has 1 N–H and O–H groups in total. The van der Waals surface area contributed by atoms with Gasteiger partial charge in [-0.15, -0.1) is 0 Å². The van der Waals surface area contributed by atoms with Gasteiger partial charge in [-0.1, -0.05) is 31.4 Å². The summed E-state index contributed by atoms with van der Waals surface area (Å²) in [7, 11) is -3.05. The molecule has 2 fully saturated rings. The normalized spacial score (nSPS) is 18.9. The maximum Gasteiger partial charge on any atom is 0.251 e. The number of hydrogen-bond acceptors (Lipinski definition) is 4. The number of benzene rings is 1. The van der Waals surface area contributed by atoms with Crippen LogP contribution in [0.3, 0.4) is 0 Å². The number of sulfone groups is 1. The van der Waals surface area contributed by atoms with E-state index in [1.54, 1.807) is 19.9 Å². The minimum atomic E-state index is -3.05. The summed E-state index contributed by atoms with van der Waals surface area (Å²) in [6.45, 7) is 4.63. The van der Waals surface area contributed by atoms with E-state index in [9.17, 15) is 18.0 Å². The van der Waals surface area contributed by atoms with Crippen molar-refractivity contribution in [2.75, 3.05) is 18.8 Å². The molecule has 0 radical (unpaired) electrons. The third-order valence-electron chi connectivity index (χ3n) is 6.64. The molecule has 1 aliphatic carbocycles. The van der Waals surface area contributed by atoms with Gasteiger partial charge in [0.2, 0.25) is 5.91 Å². The molecule has 0 atom stereocenters. The molecule has 1 aromatic carbocycles. The van der Waals surface area contributed by atoms with E-state index in [1.165, 1.54) is 19.3 Å². The van der Waals surface area contributed by atoms with Gasteiger partial charge in [-0.2, -0.15) is 0 Å². The maximum absolute atomic E-state index is 12.8. The number of nitrogens with zero attached hydrogens (tertiary/aromatic N) is 1. The van der Waals surface area contributed by atoms with E-state index in [-0.39, 0.29) is 41.2 Å². The molecular weight excluding hydrogens is 412 g/mol. The third kappa shape index (κ3) is 6.79. The number of carbonyl (C=O) groups excluding carboxylic acids is 2. The molecule has 1 heterocycles. The zero-order valence-corrected chi connectivity index (χ0v) is 19.6. The monoisotopic (exact) mass is 448 g/mol. The zero-order valence-electron chi connectivity index (χ0n) is 18.8. The number of amides is 2. The lowest BCUT2D eigenvalue weighted by Gasteiger charge is -2.32. The highest BCUT2D eigenvalue weighted by Gasteiger charge is 2.28. The lowest BCUT2D eigenvalue weighted by atomic mass is 9.95. The van der Waals surface area contributed by atoms with Crippen LogP contribution in [0.1, 0.15) is 74.7 Å². The van der Waals surface area contributed by atoms with E-state index in [1.807, 2.05) is 23.1 Å². The predicted octanol–water partition coefficient (Wildman–Crippen LogP) is 3.35. The highest BCUT2D eigenvalue weighted by atomic mass is 32.2. The summed E-state index contributed by atoms with van der Waals surface area (Å²) in [6, 6.07) is 7.59. The summed E-state index contributed by atoms with van der Waals surface area (Å²) in [5.74, 6) is 0.317. The molecule has 0 unspecified atom stereocenters. The molecule has 1 saturated heterocycles. The number of nitrogens with one attached hydrogen (secondary N) is 1. The Morgan fingerprint density at radius 1 is 1.06 bits per heavy atom. The van der Waals surface area contributed by atoms with Crippen molar-refractivity contribution in [3.63, 3.8) is 0 Å². The first-order chi connectivity index (χ1) is 14.7. The third-order valence-corrected chi connectivity index (χ3v) is 9.01. The summed E-state index contributed by atoms with van der Waals surface area (Å²) in [5.41, 5.74) is 1.44. The molecule has 172 valence electrons. The molecular formula is C24H36N2O4S. The van der Waals surface area contributed by atoms with Gasteiger partial charge in [-0.05, 0) is 63.1 Å². The Labute approximate surface area is 186 Å². The molecule has 2 aliphatic rings. The highest BCUT2D eigenvalue weighted by molar-refractivity contribution is 7.91. The Morgan fingerprint density at radius 2 is 1.74 bits per heavy atom. The quantitative estimate of drug-likeness (QED) is 0.693. The van der Waals surface area contributed by atoms with Gasteiger partial charge in [-0.3, -0.25) is 9.59 Å². The molecule has 0 bridgehead atoms. The fourth-order valence-corrected chi connectivity index (χ4v) is 5.87. The number of piperidine rings is 1. The second-order valence-electron chi connectivity index (χ2n) is 9.39. The van der Waals surface area contributed by atoms with Gasteiger partial charge in [0.05, 0.1) is 17.4 Å². The van der Waals surface area contributed by atoms with E-state index in [4.69, 9.17) is 0 Å². The van der Waals surface area contributed by atoms with Crippen LogP contribution in [0.5, 0.6) is 0 Å². The minimum Gasteiger partial charge on any atom is -0.349 e. The molecule has 0 spiro atoms. The number of rotatable bonds is 7. The number of carbonyl (C=O) groups is 2. The molecule has 0 aromatic heterocycles. The molecule has 1 saturated carbocycles. The van der Waals surface area contributed by atoms with Crippen molar-refractivity contribution in [1.29, 1.82) is 0 Å². The summed E-state index contributed by atoms with van der Waals surface area (Å²) in [4.78, 5) is 27.2. The predicted molar refractivity (Wildman–Crippen MR) is 123 cm³/mol. The zero-order chi connectivity index (χ0) is 22.4. The standard InChI is InChI=1S/C24H36N2O4S/c1-18(2)31(29,30)17-19-11-13-26(14-12-19)23(27)16-20-7-6-8-21(15-20)24(28)25-22-9-4-3-5-10-22/h6-8,15,18-19,22H,3-5,9-14,16-17H2,1-2H3,(H,25,28). The van der Waals surface area contributed by atoms with Crippen molar-refractivity contribution in [2.45, 2.75) is 76.5 Å². The van der Waals surface area contributed by atoms with Crippen LogP contribution in [0.2, 0.25) is 0 Å². The molecule has 2 amide bonds. The van der Waals surface area contributed by atoms with Gasteiger partial charge in [-0.25, -0.2) is 8.42 Å². The van der Waals surface area contributed by atoms with Gasteiger partial charge < -0.3 is 10.2 Å². The van der Waals surface area contributed by atoms with Crippen LogP contribution in [-0.4, -0.2) is 55.3 Å². The maximum atomic E-state index is 12.8. The number of likely N-dealkylation sites (tertiary alicyclic amines) is 1. The second kappa shape index (κ2) is 10.6. The van der Waals surface area contributed by atoms with Crippen molar-refractivity contribution >= 4 is 21.7 Å². The lowest BCUT2D eigenvalue weighted by Crippen LogP contribution is -2.41. The first kappa shape index (κ1) is 23.8. The molecule has 1 aromatic rings. The van der Waals surface area contributed by atoms with E-state index in [0.717, 1.165) is 31.2 Å². The molecule has 1 aliphatic heterocycles. The van der Waals surface area contributed by atoms with Crippen molar-refractivity contribution < 1.29 is 18.0 Å². The Morgan fingerprint density at radius 3 is 2.39 bits per heavy atom. The largest absolute Gasteiger partial charge is 0.349 e. The number of hydrogen-bond donors (Lipinski definition) is 1. The van der Waals surface area contributed by atoms with Crippen molar-refractivity contribution in [1.82, 2.24) is 10.2 Å². The van der Waals surface area contributed by atoms with Crippen LogP contribution >= 0.6 is 0 Å². The van der Waals surface area contributed by atoms with Crippen molar-refractivity contribution in [2.24, 2.45) is 5.92 Å².